The zero-order valence-corrected chi connectivity index (χ0v) is 20.2. The number of hydrogen-bond donors (Lipinski definition) is 1. The quantitative estimate of drug-likeness (QED) is 0.349. The van der Waals surface area contributed by atoms with E-state index in [1.165, 1.54) is 0 Å². The van der Waals surface area contributed by atoms with Gasteiger partial charge >= 0.3 is 0 Å². The van der Waals surface area contributed by atoms with Crippen LogP contribution in [0.4, 0.5) is 5.69 Å². The number of nitrogens with zero attached hydrogens (tertiary/aromatic N) is 4. The number of benzene rings is 3. The molecule has 0 aliphatic rings. The number of fused-ring (bicyclic) bond motifs is 1. The number of sulfonamides is 1. The molecule has 1 N–H and O–H groups in total. The molecule has 9 heteroatoms. The Morgan fingerprint density at radius 2 is 1.60 bits per heavy atom. The third kappa shape index (κ3) is 4.71. The van der Waals surface area contributed by atoms with Crippen LogP contribution in [0.25, 0.3) is 16.6 Å². The molecule has 0 aliphatic carbocycles. The van der Waals surface area contributed by atoms with Gasteiger partial charge in [0, 0.05) is 22.8 Å². The lowest BCUT2D eigenvalue weighted by atomic mass is 10.1. The second-order valence-electron chi connectivity index (χ2n) is 8.16. The van der Waals surface area contributed by atoms with E-state index >= 15 is 0 Å². The SMILES string of the molecule is Cc1cc(C)n(-c2cc(Oc3ccc(NS(=O)(=O)c4cccc5ccccc45)cc3)nc(C)n2)n1. The van der Waals surface area contributed by atoms with Crippen LogP contribution in [-0.4, -0.2) is 28.2 Å². The molecule has 2 aromatic heterocycles. The molecule has 0 bridgehead atoms. The van der Waals surface area contributed by atoms with Crippen LogP contribution in [0.1, 0.15) is 17.2 Å². The first-order valence-corrected chi connectivity index (χ1v) is 12.4. The maximum absolute atomic E-state index is 13.1. The molecule has 0 fully saturated rings. The van der Waals surface area contributed by atoms with E-state index in [4.69, 9.17) is 4.74 Å². The van der Waals surface area contributed by atoms with Crippen molar-refractivity contribution in [3.8, 4) is 17.4 Å². The number of aryl methyl sites for hydroxylation is 3. The first-order valence-electron chi connectivity index (χ1n) is 11.0. The van der Waals surface area contributed by atoms with E-state index in [0.717, 1.165) is 16.8 Å². The third-order valence-electron chi connectivity index (χ3n) is 5.40. The fourth-order valence-electron chi connectivity index (χ4n) is 3.90. The number of aromatic nitrogens is 4. The highest BCUT2D eigenvalue weighted by Crippen LogP contribution is 2.27. The van der Waals surface area contributed by atoms with Crippen LogP contribution in [-0.2, 0) is 10.0 Å². The smallest absolute Gasteiger partial charge is 0.262 e. The maximum Gasteiger partial charge on any atom is 0.262 e. The number of nitrogens with one attached hydrogen (secondary N) is 1. The Morgan fingerprint density at radius 1 is 0.857 bits per heavy atom. The maximum atomic E-state index is 13.1. The highest BCUT2D eigenvalue weighted by Gasteiger charge is 2.17. The number of anilines is 1. The summed E-state index contributed by atoms with van der Waals surface area (Å²) in [5, 5.41) is 5.99. The van der Waals surface area contributed by atoms with Crippen LogP contribution in [0.5, 0.6) is 11.6 Å². The molecule has 0 radical (unpaired) electrons. The normalized spacial score (nSPS) is 11.5. The monoisotopic (exact) mass is 485 g/mol. The third-order valence-corrected chi connectivity index (χ3v) is 6.84. The number of hydrogen-bond acceptors (Lipinski definition) is 6. The van der Waals surface area contributed by atoms with Crippen LogP contribution < -0.4 is 9.46 Å². The van der Waals surface area contributed by atoms with Crippen LogP contribution in [0, 0.1) is 20.8 Å². The second-order valence-corrected chi connectivity index (χ2v) is 9.81. The summed E-state index contributed by atoms with van der Waals surface area (Å²) in [6, 6.07) is 22.9. The summed E-state index contributed by atoms with van der Waals surface area (Å²) >= 11 is 0. The Morgan fingerprint density at radius 3 is 2.34 bits per heavy atom. The van der Waals surface area contributed by atoms with E-state index in [9.17, 15) is 8.42 Å². The van der Waals surface area contributed by atoms with Gasteiger partial charge in [-0.05, 0) is 62.6 Å². The zero-order chi connectivity index (χ0) is 24.6. The molecule has 0 aliphatic heterocycles. The fourth-order valence-corrected chi connectivity index (χ4v) is 5.19. The summed E-state index contributed by atoms with van der Waals surface area (Å²) in [5.74, 6) is 2.03. The lowest BCUT2D eigenvalue weighted by molar-refractivity contribution is 0.459. The van der Waals surface area contributed by atoms with Gasteiger partial charge in [-0.3, -0.25) is 4.72 Å². The molecule has 5 aromatic rings. The van der Waals surface area contributed by atoms with E-state index in [1.54, 1.807) is 60.1 Å². The van der Waals surface area contributed by atoms with Gasteiger partial charge in [-0.25, -0.2) is 18.1 Å². The van der Waals surface area contributed by atoms with Crippen molar-refractivity contribution >= 4 is 26.5 Å². The van der Waals surface area contributed by atoms with Gasteiger partial charge < -0.3 is 4.74 Å². The van der Waals surface area contributed by atoms with Crippen molar-refractivity contribution in [2.75, 3.05) is 4.72 Å². The molecule has 35 heavy (non-hydrogen) atoms. The molecule has 176 valence electrons. The molecule has 0 amide bonds. The van der Waals surface area contributed by atoms with Gasteiger partial charge in [0.25, 0.3) is 10.0 Å². The first-order chi connectivity index (χ1) is 16.8. The summed E-state index contributed by atoms with van der Waals surface area (Å²) in [6.07, 6.45) is 0. The summed E-state index contributed by atoms with van der Waals surface area (Å²) in [7, 11) is -3.78. The standard InChI is InChI=1S/C26H23N5O3S/c1-17-15-18(2)31(29-17)25-16-26(28-19(3)27-25)34-22-13-11-21(12-14-22)30-35(32,33)24-10-6-8-20-7-4-5-9-23(20)24/h4-16,30H,1-3H3. The van der Waals surface area contributed by atoms with Gasteiger partial charge in [0.2, 0.25) is 5.88 Å². The molecular formula is C26H23N5O3S. The second kappa shape index (κ2) is 8.84. The molecule has 2 heterocycles. The molecule has 0 atom stereocenters. The minimum Gasteiger partial charge on any atom is -0.439 e. The molecule has 0 spiro atoms. The highest BCUT2D eigenvalue weighted by molar-refractivity contribution is 7.93. The average molecular weight is 486 g/mol. The Kier molecular flexibility index (Phi) is 5.70. The van der Waals surface area contributed by atoms with E-state index in [2.05, 4.69) is 19.8 Å². The lowest BCUT2D eigenvalue weighted by Gasteiger charge is -2.12. The molecule has 0 saturated carbocycles. The van der Waals surface area contributed by atoms with Gasteiger partial charge in [0.15, 0.2) is 5.82 Å². The van der Waals surface area contributed by atoms with Gasteiger partial charge in [-0.2, -0.15) is 10.1 Å². The van der Waals surface area contributed by atoms with Crippen LogP contribution >= 0.6 is 0 Å². The van der Waals surface area contributed by atoms with Gasteiger partial charge in [0.05, 0.1) is 10.6 Å². The van der Waals surface area contributed by atoms with Crippen molar-refractivity contribution in [3.63, 3.8) is 0 Å². The summed E-state index contributed by atoms with van der Waals surface area (Å²) in [6.45, 7) is 5.66. The Balaban J connectivity index is 1.36. The number of ether oxygens (including phenoxy) is 1. The van der Waals surface area contributed by atoms with E-state index < -0.39 is 10.0 Å². The average Bonchev–Trinajstić information content (AvgIpc) is 3.17. The molecule has 0 saturated heterocycles. The van der Waals surface area contributed by atoms with Crippen molar-refractivity contribution in [3.05, 3.63) is 96.1 Å². The van der Waals surface area contributed by atoms with Crippen molar-refractivity contribution in [2.24, 2.45) is 0 Å². The van der Waals surface area contributed by atoms with Gasteiger partial charge in [0.1, 0.15) is 11.6 Å². The summed E-state index contributed by atoms with van der Waals surface area (Å²) in [4.78, 5) is 9.04. The largest absolute Gasteiger partial charge is 0.439 e. The first kappa shape index (κ1) is 22.5. The van der Waals surface area contributed by atoms with Crippen LogP contribution in [0.2, 0.25) is 0 Å². The van der Waals surface area contributed by atoms with Gasteiger partial charge in [-0.15, -0.1) is 0 Å². The van der Waals surface area contributed by atoms with E-state index in [-0.39, 0.29) is 4.90 Å². The molecular weight excluding hydrogens is 462 g/mol. The predicted octanol–water partition coefficient (Wildman–Crippen LogP) is 5.33. The van der Waals surface area contributed by atoms with Crippen LogP contribution in [0.15, 0.2) is 83.8 Å². The number of rotatable bonds is 6. The fraction of sp³-hybridized carbons (Fsp3) is 0.115. The molecule has 0 unspecified atom stereocenters. The summed E-state index contributed by atoms with van der Waals surface area (Å²) < 4.78 is 36.4. The topological polar surface area (TPSA) is 99.0 Å². The lowest BCUT2D eigenvalue weighted by Crippen LogP contribution is -2.13. The van der Waals surface area contributed by atoms with Crippen molar-refractivity contribution in [1.82, 2.24) is 19.7 Å². The van der Waals surface area contributed by atoms with Crippen molar-refractivity contribution in [1.29, 1.82) is 0 Å². The van der Waals surface area contributed by atoms with E-state index in [1.807, 2.05) is 44.2 Å². The molecule has 3 aromatic carbocycles. The molecule has 8 nitrogen and oxygen atoms in total. The highest BCUT2D eigenvalue weighted by atomic mass is 32.2. The minimum absolute atomic E-state index is 0.226. The predicted molar refractivity (Wildman–Crippen MR) is 135 cm³/mol. The van der Waals surface area contributed by atoms with Crippen molar-refractivity contribution in [2.45, 2.75) is 25.7 Å². The Labute approximate surface area is 203 Å². The zero-order valence-electron chi connectivity index (χ0n) is 19.4. The van der Waals surface area contributed by atoms with Crippen LogP contribution in [0.3, 0.4) is 0 Å². The van der Waals surface area contributed by atoms with E-state index in [0.29, 0.717) is 34.3 Å². The minimum atomic E-state index is -3.78. The summed E-state index contributed by atoms with van der Waals surface area (Å²) in [5.41, 5.74) is 2.27. The van der Waals surface area contributed by atoms with Gasteiger partial charge in [-0.1, -0.05) is 36.4 Å². The van der Waals surface area contributed by atoms with Crippen molar-refractivity contribution < 1.29 is 13.2 Å². The Bertz CT molecular complexity index is 1640. The molecule has 5 rings (SSSR count). The Hall–Kier alpha value is -4.24.